The van der Waals surface area contributed by atoms with E-state index < -0.39 is 16.1 Å². The van der Waals surface area contributed by atoms with Gasteiger partial charge < -0.3 is 9.80 Å². The third-order valence-electron chi connectivity index (χ3n) is 6.11. The SMILES string of the molecule is CC(C)N1CCC(N2CCC[C@H](NS(=O)(=O)c3cc4ccccc4s3)C2=O)CC1. The summed E-state index contributed by atoms with van der Waals surface area (Å²) in [5, 5.41) is 0.909. The first kappa shape index (κ1) is 20.8. The van der Waals surface area contributed by atoms with E-state index in [-0.39, 0.29) is 16.2 Å². The van der Waals surface area contributed by atoms with Crippen LogP contribution in [0.1, 0.15) is 39.5 Å². The van der Waals surface area contributed by atoms with Crippen LogP contribution in [-0.4, -0.2) is 61.9 Å². The summed E-state index contributed by atoms with van der Waals surface area (Å²) in [5.41, 5.74) is 0. The number of piperidine rings is 2. The number of carbonyl (C=O) groups excluding carboxylic acids is 1. The zero-order chi connectivity index (χ0) is 20.6. The van der Waals surface area contributed by atoms with E-state index in [0.29, 0.717) is 12.5 Å². The molecule has 1 atom stereocenters. The maximum atomic E-state index is 13.1. The molecule has 2 aliphatic heterocycles. The highest BCUT2D eigenvalue weighted by molar-refractivity contribution is 7.91. The summed E-state index contributed by atoms with van der Waals surface area (Å²) >= 11 is 1.24. The maximum absolute atomic E-state index is 13.1. The third-order valence-corrected chi connectivity index (χ3v) is 9.17. The van der Waals surface area contributed by atoms with Crippen LogP contribution in [0, 0.1) is 0 Å². The van der Waals surface area contributed by atoms with E-state index in [1.54, 1.807) is 6.07 Å². The zero-order valence-electron chi connectivity index (χ0n) is 17.0. The summed E-state index contributed by atoms with van der Waals surface area (Å²) in [4.78, 5) is 17.5. The molecule has 3 heterocycles. The number of carbonyl (C=O) groups is 1. The molecule has 2 saturated heterocycles. The lowest BCUT2D eigenvalue weighted by Gasteiger charge is -2.43. The second-order valence-electron chi connectivity index (χ2n) is 8.31. The molecule has 8 heteroatoms. The number of rotatable bonds is 5. The van der Waals surface area contributed by atoms with Gasteiger partial charge in [-0.15, -0.1) is 11.3 Å². The lowest BCUT2D eigenvalue weighted by molar-refractivity contribution is -0.139. The largest absolute Gasteiger partial charge is 0.338 e. The molecule has 0 spiro atoms. The van der Waals surface area contributed by atoms with Gasteiger partial charge in [-0.25, -0.2) is 8.42 Å². The van der Waals surface area contributed by atoms with Gasteiger partial charge in [0.2, 0.25) is 5.91 Å². The van der Waals surface area contributed by atoms with E-state index >= 15 is 0 Å². The van der Waals surface area contributed by atoms with Gasteiger partial charge in [-0.2, -0.15) is 4.72 Å². The minimum atomic E-state index is -3.72. The number of amides is 1. The molecule has 29 heavy (non-hydrogen) atoms. The summed E-state index contributed by atoms with van der Waals surface area (Å²) < 4.78 is 29.8. The Labute approximate surface area is 176 Å². The second-order valence-corrected chi connectivity index (χ2v) is 11.3. The molecule has 0 bridgehead atoms. The number of hydrogen-bond acceptors (Lipinski definition) is 5. The van der Waals surface area contributed by atoms with Crippen molar-refractivity contribution < 1.29 is 13.2 Å². The smallest absolute Gasteiger partial charge is 0.250 e. The third kappa shape index (κ3) is 4.35. The molecule has 1 aromatic heterocycles. The van der Waals surface area contributed by atoms with Gasteiger partial charge in [0, 0.05) is 36.4 Å². The molecule has 2 aliphatic rings. The summed E-state index contributed by atoms with van der Waals surface area (Å²) in [5.74, 6) is -0.0658. The Balaban J connectivity index is 1.45. The predicted molar refractivity (Wildman–Crippen MR) is 117 cm³/mol. The van der Waals surface area contributed by atoms with Gasteiger partial charge in [-0.3, -0.25) is 4.79 Å². The number of nitrogens with zero attached hydrogens (tertiary/aromatic N) is 2. The Bertz CT molecular complexity index is 945. The highest BCUT2D eigenvalue weighted by Crippen LogP contribution is 2.30. The van der Waals surface area contributed by atoms with E-state index in [1.807, 2.05) is 29.2 Å². The van der Waals surface area contributed by atoms with E-state index in [9.17, 15) is 13.2 Å². The Hall–Kier alpha value is -1.48. The van der Waals surface area contributed by atoms with Crippen LogP contribution in [0.15, 0.2) is 34.5 Å². The van der Waals surface area contributed by atoms with Crippen molar-refractivity contribution in [2.24, 2.45) is 0 Å². The lowest BCUT2D eigenvalue weighted by Crippen LogP contribution is -2.57. The Morgan fingerprint density at radius 3 is 2.52 bits per heavy atom. The van der Waals surface area contributed by atoms with Gasteiger partial charge >= 0.3 is 0 Å². The van der Waals surface area contributed by atoms with Gasteiger partial charge in [0.1, 0.15) is 10.3 Å². The summed E-state index contributed by atoms with van der Waals surface area (Å²) in [6.07, 6.45) is 3.31. The monoisotopic (exact) mass is 435 g/mol. The van der Waals surface area contributed by atoms with Crippen molar-refractivity contribution in [2.45, 2.75) is 61.9 Å². The average Bonchev–Trinajstić information content (AvgIpc) is 3.15. The Morgan fingerprint density at radius 1 is 1.10 bits per heavy atom. The number of likely N-dealkylation sites (tertiary alicyclic amines) is 2. The van der Waals surface area contributed by atoms with Gasteiger partial charge in [0.25, 0.3) is 10.0 Å². The van der Waals surface area contributed by atoms with Crippen molar-refractivity contribution in [2.75, 3.05) is 19.6 Å². The fraction of sp³-hybridized carbons (Fsp3) is 0.571. The van der Waals surface area contributed by atoms with Crippen LogP contribution in [0.2, 0.25) is 0 Å². The lowest BCUT2D eigenvalue weighted by atomic mass is 9.97. The van der Waals surface area contributed by atoms with Gasteiger partial charge in [0.05, 0.1) is 0 Å². The first-order chi connectivity index (χ1) is 13.8. The van der Waals surface area contributed by atoms with E-state index in [0.717, 1.165) is 49.0 Å². The molecule has 1 N–H and O–H groups in total. The minimum absolute atomic E-state index is 0.0658. The van der Waals surface area contributed by atoms with Crippen LogP contribution in [0.3, 0.4) is 0 Å². The van der Waals surface area contributed by atoms with Crippen molar-refractivity contribution in [3.05, 3.63) is 30.3 Å². The van der Waals surface area contributed by atoms with Crippen LogP contribution < -0.4 is 4.72 Å². The van der Waals surface area contributed by atoms with E-state index in [2.05, 4.69) is 23.5 Å². The minimum Gasteiger partial charge on any atom is -0.338 e. The van der Waals surface area contributed by atoms with Crippen LogP contribution >= 0.6 is 11.3 Å². The molecule has 1 aromatic carbocycles. The van der Waals surface area contributed by atoms with Crippen molar-refractivity contribution in [3.8, 4) is 0 Å². The van der Waals surface area contributed by atoms with Crippen LogP contribution in [-0.2, 0) is 14.8 Å². The summed E-state index contributed by atoms with van der Waals surface area (Å²) in [7, 11) is -3.72. The first-order valence-corrected chi connectivity index (χ1v) is 12.7. The molecular weight excluding hydrogens is 406 g/mol. The fourth-order valence-corrected chi connectivity index (χ4v) is 7.06. The molecule has 0 saturated carbocycles. The molecule has 6 nitrogen and oxygen atoms in total. The summed E-state index contributed by atoms with van der Waals surface area (Å²) in [6, 6.07) is 9.37. The normalized spacial score (nSPS) is 22.7. The molecule has 0 aliphatic carbocycles. The number of sulfonamides is 1. The van der Waals surface area contributed by atoms with Crippen molar-refractivity contribution in [1.29, 1.82) is 0 Å². The topological polar surface area (TPSA) is 69.7 Å². The van der Waals surface area contributed by atoms with Crippen LogP contribution in [0.5, 0.6) is 0 Å². The van der Waals surface area contributed by atoms with Gasteiger partial charge in [-0.05, 0) is 57.0 Å². The predicted octanol–water partition coefficient (Wildman–Crippen LogP) is 3.04. The number of thiophene rings is 1. The quantitative estimate of drug-likeness (QED) is 0.784. The van der Waals surface area contributed by atoms with Crippen molar-refractivity contribution in [3.63, 3.8) is 0 Å². The van der Waals surface area contributed by atoms with Crippen molar-refractivity contribution in [1.82, 2.24) is 14.5 Å². The number of benzene rings is 1. The van der Waals surface area contributed by atoms with Crippen LogP contribution in [0.4, 0.5) is 0 Å². The maximum Gasteiger partial charge on any atom is 0.250 e. The highest BCUT2D eigenvalue weighted by Gasteiger charge is 2.37. The molecule has 158 valence electrons. The summed E-state index contributed by atoms with van der Waals surface area (Å²) in [6.45, 7) is 7.11. The molecule has 2 aromatic rings. The molecule has 1 amide bonds. The highest BCUT2D eigenvalue weighted by atomic mass is 32.2. The molecule has 4 rings (SSSR count). The molecular formula is C21H29N3O3S2. The average molecular weight is 436 g/mol. The van der Waals surface area contributed by atoms with Crippen LogP contribution in [0.25, 0.3) is 10.1 Å². The Morgan fingerprint density at radius 2 is 1.83 bits per heavy atom. The second kappa shape index (κ2) is 8.34. The van der Waals surface area contributed by atoms with E-state index in [1.165, 1.54) is 11.3 Å². The van der Waals surface area contributed by atoms with Gasteiger partial charge in [0.15, 0.2) is 0 Å². The molecule has 0 radical (unpaired) electrons. The number of nitrogens with one attached hydrogen (secondary N) is 1. The standard InChI is InChI=1S/C21H29N3O3S2/c1-15(2)23-12-9-17(10-13-23)24-11-5-7-18(21(24)25)22-29(26,27)20-14-16-6-3-4-8-19(16)28-20/h3-4,6,8,14-15,17-18,22H,5,7,9-13H2,1-2H3/t18-/m0/s1. The fourth-order valence-electron chi connectivity index (χ4n) is 4.42. The zero-order valence-corrected chi connectivity index (χ0v) is 18.6. The molecule has 2 fully saturated rings. The van der Waals surface area contributed by atoms with Crippen molar-refractivity contribution >= 4 is 37.4 Å². The first-order valence-electron chi connectivity index (χ1n) is 10.4. The number of hydrogen-bond donors (Lipinski definition) is 1. The number of fused-ring (bicyclic) bond motifs is 1. The Kier molecular flexibility index (Phi) is 5.97. The van der Waals surface area contributed by atoms with E-state index in [4.69, 9.17) is 0 Å². The van der Waals surface area contributed by atoms with Gasteiger partial charge in [-0.1, -0.05) is 18.2 Å². The molecule has 0 unspecified atom stereocenters.